The minimum atomic E-state index is -0.274. The Morgan fingerprint density at radius 2 is 1.82 bits per heavy atom. The Hall–Kier alpha value is -3.67. The first-order valence-corrected chi connectivity index (χ1v) is 8.84. The number of hydrogen-bond donors (Lipinski definition) is 1. The van der Waals surface area contributed by atoms with Gasteiger partial charge in [-0.15, -0.1) is 0 Å². The number of carbonyl (C=O) groups excluding carboxylic acids is 1. The highest BCUT2D eigenvalue weighted by Crippen LogP contribution is 2.20. The van der Waals surface area contributed by atoms with Crippen molar-refractivity contribution >= 4 is 22.4 Å². The van der Waals surface area contributed by atoms with Gasteiger partial charge >= 0.3 is 0 Å². The van der Waals surface area contributed by atoms with Gasteiger partial charge in [0.25, 0.3) is 5.91 Å². The van der Waals surface area contributed by atoms with Crippen molar-refractivity contribution in [2.24, 2.45) is 0 Å². The number of aromatic nitrogens is 2. The van der Waals surface area contributed by atoms with E-state index in [9.17, 15) is 9.18 Å². The number of carbonyl (C=O) groups is 1. The third kappa shape index (κ3) is 4.35. The molecule has 1 amide bonds. The van der Waals surface area contributed by atoms with Gasteiger partial charge in [0, 0.05) is 6.20 Å². The summed E-state index contributed by atoms with van der Waals surface area (Å²) in [4.78, 5) is 12.1. The molecule has 0 spiro atoms. The van der Waals surface area contributed by atoms with Crippen LogP contribution in [0.1, 0.15) is 5.56 Å². The van der Waals surface area contributed by atoms with Crippen molar-refractivity contribution in [3.05, 3.63) is 90.5 Å². The number of ether oxygens (including phenoxy) is 1. The van der Waals surface area contributed by atoms with Crippen LogP contribution in [-0.4, -0.2) is 22.3 Å². The molecule has 0 atom stereocenters. The van der Waals surface area contributed by atoms with Crippen molar-refractivity contribution in [3.63, 3.8) is 0 Å². The third-order valence-corrected chi connectivity index (χ3v) is 4.27. The molecule has 0 saturated carbocycles. The Morgan fingerprint density at radius 3 is 2.64 bits per heavy atom. The molecule has 6 heteroatoms. The SMILES string of the molecule is O=C(COc1ccc2ccccc2c1)Nc1cnn(Cc2ccc(F)cc2)c1. The summed E-state index contributed by atoms with van der Waals surface area (Å²) in [6, 6.07) is 19.9. The van der Waals surface area contributed by atoms with E-state index in [1.807, 2.05) is 42.5 Å². The number of anilines is 1. The van der Waals surface area contributed by atoms with E-state index in [2.05, 4.69) is 10.4 Å². The molecule has 5 nitrogen and oxygen atoms in total. The van der Waals surface area contributed by atoms with Crippen molar-refractivity contribution < 1.29 is 13.9 Å². The quantitative estimate of drug-likeness (QED) is 0.548. The number of amides is 1. The minimum Gasteiger partial charge on any atom is -0.484 e. The topological polar surface area (TPSA) is 56.1 Å². The summed E-state index contributed by atoms with van der Waals surface area (Å²) < 4.78 is 20.2. The maximum atomic E-state index is 13.0. The first kappa shape index (κ1) is 17.7. The Morgan fingerprint density at radius 1 is 1.04 bits per heavy atom. The largest absolute Gasteiger partial charge is 0.484 e. The third-order valence-electron chi connectivity index (χ3n) is 4.27. The van der Waals surface area contributed by atoms with Gasteiger partial charge in [-0.3, -0.25) is 9.48 Å². The molecule has 0 aliphatic carbocycles. The highest BCUT2D eigenvalue weighted by Gasteiger charge is 2.07. The van der Waals surface area contributed by atoms with Gasteiger partial charge in [0.05, 0.1) is 18.4 Å². The van der Waals surface area contributed by atoms with Crippen LogP contribution in [0.4, 0.5) is 10.1 Å². The van der Waals surface area contributed by atoms with E-state index in [4.69, 9.17) is 4.74 Å². The molecule has 1 N–H and O–H groups in total. The highest BCUT2D eigenvalue weighted by molar-refractivity contribution is 5.91. The van der Waals surface area contributed by atoms with Gasteiger partial charge in [0.1, 0.15) is 11.6 Å². The van der Waals surface area contributed by atoms with Crippen LogP contribution in [0.25, 0.3) is 10.8 Å². The van der Waals surface area contributed by atoms with Crippen molar-refractivity contribution in [2.45, 2.75) is 6.54 Å². The molecule has 1 heterocycles. The molecule has 0 fully saturated rings. The lowest BCUT2D eigenvalue weighted by molar-refractivity contribution is -0.118. The predicted molar refractivity (Wildman–Crippen MR) is 106 cm³/mol. The lowest BCUT2D eigenvalue weighted by Gasteiger charge is -2.07. The lowest BCUT2D eigenvalue weighted by Crippen LogP contribution is -2.19. The van der Waals surface area contributed by atoms with Crippen LogP contribution in [0, 0.1) is 5.82 Å². The Balaban J connectivity index is 1.32. The molecule has 4 aromatic rings. The van der Waals surface area contributed by atoms with E-state index in [1.54, 1.807) is 29.2 Å². The second kappa shape index (κ2) is 7.92. The zero-order valence-electron chi connectivity index (χ0n) is 15.0. The number of fused-ring (bicyclic) bond motifs is 1. The zero-order valence-corrected chi connectivity index (χ0v) is 15.0. The lowest BCUT2D eigenvalue weighted by atomic mass is 10.1. The minimum absolute atomic E-state index is 0.0958. The molecule has 0 aliphatic rings. The van der Waals surface area contributed by atoms with Gasteiger partial charge in [-0.1, -0.05) is 42.5 Å². The first-order chi connectivity index (χ1) is 13.7. The average molecular weight is 375 g/mol. The van der Waals surface area contributed by atoms with Crippen LogP contribution >= 0.6 is 0 Å². The van der Waals surface area contributed by atoms with E-state index in [0.717, 1.165) is 16.3 Å². The molecular formula is C22H18FN3O2. The normalized spacial score (nSPS) is 10.8. The van der Waals surface area contributed by atoms with Crippen LogP contribution in [0.3, 0.4) is 0 Å². The fraction of sp³-hybridized carbons (Fsp3) is 0.0909. The second-order valence-electron chi connectivity index (χ2n) is 6.40. The summed E-state index contributed by atoms with van der Waals surface area (Å²) in [5.41, 5.74) is 1.50. The number of benzene rings is 3. The summed E-state index contributed by atoms with van der Waals surface area (Å²) in [5.74, 6) is 0.0962. The molecule has 4 rings (SSSR count). The van der Waals surface area contributed by atoms with Crippen molar-refractivity contribution in [1.29, 1.82) is 0 Å². The first-order valence-electron chi connectivity index (χ1n) is 8.84. The van der Waals surface area contributed by atoms with E-state index in [1.165, 1.54) is 12.1 Å². The van der Waals surface area contributed by atoms with Crippen LogP contribution in [0.15, 0.2) is 79.1 Å². The van der Waals surface area contributed by atoms with Crippen molar-refractivity contribution in [1.82, 2.24) is 9.78 Å². The molecule has 0 aliphatic heterocycles. The smallest absolute Gasteiger partial charge is 0.262 e. The van der Waals surface area contributed by atoms with Crippen LogP contribution < -0.4 is 10.1 Å². The molecule has 0 radical (unpaired) electrons. The van der Waals surface area contributed by atoms with E-state index in [-0.39, 0.29) is 18.3 Å². The molecule has 1 aromatic heterocycles. The van der Waals surface area contributed by atoms with Gasteiger partial charge in [0.2, 0.25) is 0 Å². The predicted octanol–water partition coefficient (Wildman–Crippen LogP) is 4.24. The second-order valence-corrected chi connectivity index (χ2v) is 6.40. The molecule has 28 heavy (non-hydrogen) atoms. The zero-order chi connectivity index (χ0) is 19.3. The van der Waals surface area contributed by atoms with Gasteiger partial charge in [0.15, 0.2) is 6.61 Å². The molecule has 0 saturated heterocycles. The van der Waals surface area contributed by atoms with Gasteiger partial charge in [-0.25, -0.2) is 4.39 Å². The van der Waals surface area contributed by atoms with Crippen molar-refractivity contribution in [2.75, 3.05) is 11.9 Å². The fourth-order valence-electron chi connectivity index (χ4n) is 2.89. The molecular weight excluding hydrogens is 357 g/mol. The standard InChI is InChI=1S/C22H18FN3O2/c23-19-8-5-16(6-9-19)13-26-14-20(12-24-26)25-22(27)15-28-21-10-7-17-3-1-2-4-18(17)11-21/h1-12,14H,13,15H2,(H,25,27). The van der Waals surface area contributed by atoms with Gasteiger partial charge in [-0.05, 0) is 40.6 Å². The number of hydrogen-bond acceptors (Lipinski definition) is 3. The number of nitrogens with one attached hydrogen (secondary N) is 1. The monoisotopic (exact) mass is 375 g/mol. The highest BCUT2D eigenvalue weighted by atomic mass is 19.1. The van der Waals surface area contributed by atoms with Crippen LogP contribution in [0.5, 0.6) is 5.75 Å². The maximum absolute atomic E-state index is 13.0. The van der Waals surface area contributed by atoms with E-state index < -0.39 is 0 Å². The van der Waals surface area contributed by atoms with E-state index in [0.29, 0.717) is 18.0 Å². The Kier molecular flexibility index (Phi) is 5.01. The van der Waals surface area contributed by atoms with Crippen LogP contribution in [-0.2, 0) is 11.3 Å². The number of nitrogens with zero attached hydrogens (tertiary/aromatic N) is 2. The maximum Gasteiger partial charge on any atom is 0.262 e. The Bertz CT molecular complexity index is 1110. The summed E-state index contributed by atoms with van der Waals surface area (Å²) >= 11 is 0. The average Bonchev–Trinajstić information content (AvgIpc) is 3.14. The van der Waals surface area contributed by atoms with Gasteiger partial charge in [-0.2, -0.15) is 5.10 Å². The van der Waals surface area contributed by atoms with Gasteiger partial charge < -0.3 is 10.1 Å². The fourth-order valence-corrected chi connectivity index (χ4v) is 2.89. The molecule has 3 aromatic carbocycles. The molecule has 0 bridgehead atoms. The van der Waals surface area contributed by atoms with Crippen LogP contribution in [0.2, 0.25) is 0 Å². The number of halogens is 1. The Labute approximate surface area is 161 Å². The summed E-state index contributed by atoms with van der Waals surface area (Å²) in [7, 11) is 0. The van der Waals surface area contributed by atoms with E-state index >= 15 is 0 Å². The molecule has 0 unspecified atom stereocenters. The summed E-state index contributed by atoms with van der Waals surface area (Å²) in [6.45, 7) is 0.394. The number of rotatable bonds is 6. The summed E-state index contributed by atoms with van der Waals surface area (Å²) in [6.07, 6.45) is 3.29. The molecule has 140 valence electrons. The van der Waals surface area contributed by atoms with Crippen molar-refractivity contribution in [3.8, 4) is 5.75 Å². The summed E-state index contributed by atoms with van der Waals surface area (Å²) in [5, 5.41) is 9.14.